The molecule has 0 aliphatic heterocycles. The van der Waals surface area contributed by atoms with Crippen molar-refractivity contribution in [3.05, 3.63) is 30.1 Å². The van der Waals surface area contributed by atoms with Crippen LogP contribution >= 0.6 is 0 Å². The number of nitrogens with two attached hydrogens (primary N) is 1. The zero-order valence-electron chi connectivity index (χ0n) is 11.5. The van der Waals surface area contributed by atoms with Gasteiger partial charge >= 0.3 is 0 Å². The number of aliphatic hydroxyl groups is 1. The van der Waals surface area contributed by atoms with Gasteiger partial charge in [-0.3, -0.25) is 0 Å². The van der Waals surface area contributed by atoms with Crippen LogP contribution < -0.4 is 10.6 Å². The molecule has 1 saturated carbocycles. The Bertz CT molecular complexity index is 426. The van der Waals surface area contributed by atoms with Gasteiger partial charge < -0.3 is 15.7 Å². The molecule has 0 heterocycles. The molecular weight excluding hydrogens is 243 g/mol. The first kappa shape index (κ1) is 14.3. The van der Waals surface area contributed by atoms with Crippen LogP contribution in [0.3, 0.4) is 0 Å². The zero-order chi connectivity index (χ0) is 13.9. The Morgan fingerprint density at radius 3 is 2.89 bits per heavy atom. The summed E-state index contributed by atoms with van der Waals surface area (Å²) in [6, 6.07) is 6.79. The Labute approximate surface area is 114 Å². The van der Waals surface area contributed by atoms with Crippen LogP contribution in [-0.2, 0) is 0 Å². The lowest BCUT2D eigenvalue weighted by Crippen LogP contribution is -2.47. The number of aliphatic hydroxyl groups excluding tert-OH is 1. The van der Waals surface area contributed by atoms with Crippen LogP contribution in [0.5, 0.6) is 0 Å². The van der Waals surface area contributed by atoms with Crippen LogP contribution in [0, 0.1) is 11.7 Å². The molecule has 1 aromatic carbocycles. The Morgan fingerprint density at radius 2 is 2.21 bits per heavy atom. The van der Waals surface area contributed by atoms with E-state index in [1.54, 1.807) is 12.1 Å². The van der Waals surface area contributed by atoms with E-state index < -0.39 is 5.54 Å². The van der Waals surface area contributed by atoms with E-state index in [-0.39, 0.29) is 12.4 Å². The summed E-state index contributed by atoms with van der Waals surface area (Å²) in [6.07, 6.45) is 3.91. The van der Waals surface area contributed by atoms with Crippen molar-refractivity contribution in [1.82, 2.24) is 0 Å². The number of anilines is 1. The largest absolute Gasteiger partial charge is 0.394 e. The summed E-state index contributed by atoms with van der Waals surface area (Å²) in [5.74, 6) is 0.129. The molecule has 1 aliphatic carbocycles. The van der Waals surface area contributed by atoms with Gasteiger partial charge in [-0.1, -0.05) is 18.6 Å². The summed E-state index contributed by atoms with van der Waals surface area (Å²) in [4.78, 5) is 1.92. The number of rotatable bonds is 5. The number of benzene rings is 1. The van der Waals surface area contributed by atoms with Gasteiger partial charge in [0.1, 0.15) is 5.82 Å². The molecule has 1 fully saturated rings. The van der Waals surface area contributed by atoms with Crippen LogP contribution in [0.25, 0.3) is 0 Å². The third kappa shape index (κ3) is 3.07. The Balaban J connectivity index is 1.94. The smallest absolute Gasteiger partial charge is 0.146 e. The summed E-state index contributed by atoms with van der Waals surface area (Å²) < 4.78 is 13.7. The molecule has 106 valence electrons. The van der Waals surface area contributed by atoms with Crippen molar-refractivity contribution in [3.8, 4) is 0 Å². The number of halogens is 1. The van der Waals surface area contributed by atoms with Gasteiger partial charge in [0.25, 0.3) is 0 Å². The van der Waals surface area contributed by atoms with Gasteiger partial charge in [-0.05, 0) is 37.3 Å². The lowest BCUT2D eigenvalue weighted by molar-refractivity contribution is 0.156. The molecule has 1 aliphatic rings. The fourth-order valence-electron chi connectivity index (χ4n) is 3.04. The van der Waals surface area contributed by atoms with Crippen molar-refractivity contribution in [2.45, 2.75) is 31.2 Å². The fourth-order valence-corrected chi connectivity index (χ4v) is 3.04. The molecule has 0 aromatic heterocycles. The van der Waals surface area contributed by atoms with Gasteiger partial charge in [0.15, 0.2) is 0 Å². The first-order chi connectivity index (χ1) is 9.07. The second-order valence-corrected chi connectivity index (χ2v) is 5.64. The predicted molar refractivity (Wildman–Crippen MR) is 75.6 cm³/mol. The Kier molecular flexibility index (Phi) is 4.42. The number of hydrogen-bond acceptors (Lipinski definition) is 3. The second kappa shape index (κ2) is 5.88. The monoisotopic (exact) mass is 266 g/mol. The standard InChI is InChI=1S/C15H23FN2O/c1-18(14-7-3-2-6-13(14)16)10-8-12-5-4-9-15(12,17)11-19/h2-3,6-7,12,19H,4-5,8-11,17H2,1H3. The van der Waals surface area contributed by atoms with Crippen LogP contribution in [0.15, 0.2) is 24.3 Å². The van der Waals surface area contributed by atoms with Gasteiger partial charge in [0.05, 0.1) is 12.3 Å². The second-order valence-electron chi connectivity index (χ2n) is 5.64. The average molecular weight is 266 g/mol. The SMILES string of the molecule is CN(CCC1CCCC1(N)CO)c1ccccc1F. The minimum atomic E-state index is -0.434. The van der Waals surface area contributed by atoms with Crippen molar-refractivity contribution in [2.75, 3.05) is 25.1 Å². The summed E-state index contributed by atoms with van der Waals surface area (Å²) in [7, 11) is 1.89. The van der Waals surface area contributed by atoms with Gasteiger partial charge in [-0.2, -0.15) is 0 Å². The van der Waals surface area contributed by atoms with E-state index >= 15 is 0 Å². The van der Waals surface area contributed by atoms with Gasteiger partial charge in [0, 0.05) is 19.1 Å². The minimum absolute atomic E-state index is 0.0427. The maximum Gasteiger partial charge on any atom is 0.146 e. The van der Waals surface area contributed by atoms with Gasteiger partial charge in [0.2, 0.25) is 0 Å². The Morgan fingerprint density at radius 1 is 1.47 bits per heavy atom. The number of para-hydroxylation sites is 1. The third-order valence-electron chi connectivity index (χ3n) is 4.38. The van der Waals surface area contributed by atoms with Gasteiger partial charge in [-0.15, -0.1) is 0 Å². The molecule has 19 heavy (non-hydrogen) atoms. The van der Waals surface area contributed by atoms with Crippen LogP contribution in [0.4, 0.5) is 10.1 Å². The minimum Gasteiger partial charge on any atom is -0.394 e. The lowest BCUT2D eigenvalue weighted by Gasteiger charge is -2.31. The predicted octanol–water partition coefficient (Wildman–Crippen LogP) is 2.14. The van der Waals surface area contributed by atoms with E-state index in [0.29, 0.717) is 11.6 Å². The number of hydrogen-bond donors (Lipinski definition) is 2. The molecule has 3 N–H and O–H groups in total. The lowest BCUT2D eigenvalue weighted by atomic mass is 9.86. The van der Waals surface area contributed by atoms with Crippen LogP contribution in [0.1, 0.15) is 25.7 Å². The van der Waals surface area contributed by atoms with E-state index in [2.05, 4.69) is 0 Å². The highest BCUT2D eigenvalue weighted by atomic mass is 19.1. The van der Waals surface area contributed by atoms with E-state index in [0.717, 1.165) is 32.2 Å². The first-order valence-corrected chi connectivity index (χ1v) is 6.92. The molecule has 0 saturated heterocycles. The van der Waals surface area contributed by atoms with Crippen molar-refractivity contribution < 1.29 is 9.50 Å². The Hall–Kier alpha value is -1.13. The molecule has 2 atom stereocenters. The highest BCUT2D eigenvalue weighted by molar-refractivity contribution is 5.46. The highest BCUT2D eigenvalue weighted by Gasteiger charge is 2.38. The van der Waals surface area contributed by atoms with Crippen LogP contribution in [-0.4, -0.2) is 30.8 Å². The molecule has 3 nitrogen and oxygen atoms in total. The average Bonchev–Trinajstić information content (AvgIpc) is 2.78. The maximum atomic E-state index is 13.7. The molecule has 0 bridgehead atoms. The van der Waals surface area contributed by atoms with E-state index in [4.69, 9.17) is 5.73 Å². The summed E-state index contributed by atoms with van der Waals surface area (Å²) in [5, 5.41) is 9.42. The molecule has 0 radical (unpaired) electrons. The van der Waals surface area contributed by atoms with E-state index in [9.17, 15) is 9.50 Å². The summed E-state index contributed by atoms with van der Waals surface area (Å²) >= 11 is 0. The quantitative estimate of drug-likeness (QED) is 0.858. The molecule has 2 unspecified atom stereocenters. The van der Waals surface area contributed by atoms with Crippen LogP contribution in [0.2, 0.25) is 0 Å². The number of nitrogens with zero attached hydrogens (tertiary/aromatic N) is 1. The molecule has 0 amide bonds. The van der Waals surface area contributed by atoms with E-state index in [1.165, 1.54) is 6.07 Å². The first-order valence-electron chi connectivity index (χ1n) is 6.92. The summed E-state index contributed by atoms with van der Waals surface area (Å²) in [6.45, 7) is 0.797. The summed E-state index contributed by atoms with van der Waals surface area (Å²) in [5.41, 5.74) is 6.40. The van der Waals surface area contributed by atoms with Crippen molar-refractivity contribution in [2.24, 2.45) is 11.7 Å². The fraction of sp³-hybridized carbons (Fsp3) is 0.600. The zero-order valence-corrected chi connectivity index (χ0v) is 11.5. The normalized spacial score (nSPS) is 26.6. The highest BCUT2D eigenvalue weighted by Crippen LogP contribution is 2.36. The van der Waals surface area contributed by atoms with Gasteiger partial charge in [-0.25, -0.2) is 4.39 Å². The molecule has 2 rings (SSSR count). The molecule has 1 aromatic rings. The topological polar surface area (TPSA) is 49.5 Å². The molecular formula is C15H23FN2O. The van der Waals surface area contributed by atoms with Crippen molar-refractivity contribution >= 4 is 5.69 Å². The third-order valence-corrected chi connectivity index (χ3v) is 4.38. The molecule has 0 spiro atoms. The van der Waals surface area contributed by atoms with E-state index in [1.807, 2.05) is 18.0 Å². The van der Waals surface area contributed by atoms with Crippen molar-refractivity contribution in [3.63, 3.8) is 0 Å². The molecule has 4 heteroatoms. The maximum absolute atomic E-state index is 13.7. The van der Waals surface area contributed by atoms with Crippen molar-refractivity contribution in [1.29, 1.82) is 0 Å².